The summed E-state index contributed by atoms with van der Waals surface area (Å²) in [6.07, 6.45) is 0.887. The minimum absolute atomic E-state index is 0.121. The molecule has 0 saturated carbocycles. The number of rotatable bonds is 6. The van der Waals surface area contributed by atoms with E-state index in [0.29, 0.717) is 5.69 Å². The maximum absolute atomic E-state index is 11.7. The number of sulfone groups is 1. The van der Waals surface area contributed by atoms with Gasteiger partial charge in [-0.15, -0.1) is 0 Å². The lowest BCUT2D eigenvalue weighted by Crippen LogP contribution is -2.28. The van der Waals surface area contributed by atoms with Crippen LogP contribution in [0.2, 0.25) is 0 Å². The van der Waals surface area contributed by atoms with E-state index in [2.05, 4.69) is 5.32 Å². The Bertz CT molecular complexity index is 538. The highest BCUT2D eigenvalue weighted by Gasteiger charge is 2.13. The van der Waals surface area contributed by atoms with E-state index in [-0.39, 0.29) is 29.9 Å². The van der Waals surface area contributed by atoms with Crippen molar-refractivity contribution in [2.24, 2.45) is 5.73 Å². The first-order chi connectivity index (χ1) is 8.86. The highest BCUT2D eigenvalue weighted by atomic mass is 32.2. The molecule has 6 nitrogen and oxygen atoms in total. The molecule has 0 heterocycles. The maximum atomic E-state index is 11.7. The standard InChI is InChI=1S/C12H18N2O4S/c1-18-10(8-13)7-12(15)14-9-4-3-5-11(6-9)19(2,16)17/h3-6,10H,7-8,13H2,1-2H3,(H,14,15). The van der Waals surface area contributed by atoms with E-state index in [1.807, 2.05) is 0 Å². The Morgan fingerprint density at radius 2 is 2.16 bits per heavy atom. The number of methoxy groups -OCH3 is 1. The lowest BCUT2D eigenvalue weighted by Gasteiger charge is -2.12. The molecule has 3 N–H and O–H groups in total. The Morgan fingerprint density at radius 1 is 1.47 bits per heavy atom. The van der Waals surface area contributed by atoms with E-state index in [9.17, 15) is 13.2 Å². The summed E-state index contributed by atoms with van der Waals surface area (Å²) in [7, 11) is -1.81. The highest BCUT2D eigenvalue weighted by molar-refractivity contribution is 7.90. The predicted molar refractivity (Wildman–Crippen MR) is 72.6 cm³/mol. The molecule has 106 valence electrons. The summed E-state index contributed by atoms with van der Waals surface area (Å²) in [6.45, 7) is 0.243. The Hall–Kier alpha value is -1.44. The van der Waals surface area contributed by atoms with Crippen LogP contribution in [0.25, 0.3) is 0 Å². The Labute approximate surface area is 112 Å². The van der Waals surface area contributed by atoms with Gasteiger partial charge in [0, 0.05) is 25.6 Å². The van der Waals surface area contributed by atoms with Crippen molar-refractivity contribution in [1.29, 1.82) is 0 Å². The van der Waals surface area contributed by atoms with Crippen molar-refractivity contribution in [2.45, 2.75) is 17.4 Å². The van der Waals surface area contributed by atoms with Gasteiger partial charge in [-0.2, -0.15) is 0 Å². The molecule has 0 saturated heterocycles. The van der Waals surface area contributed by atoms with Crippen LogP contribution in [0.15, 0.2) is 29.2 Å². The first kappa shape index (κ1) is 15.6. The van der Waals surface area contributed by atoms with E-state index in [1.165, 1.54) is 19.2 Å². The topological polar surface area (TPSA) is 98.5 Å². The summed E-state index contributed by atoms with van der Waals surface area (Å²) in [4.78, 5) is 11.9. The van der Waals surface area contributed by atoms with Crippen LogP contribution >= 0.6 is 0 Å². The van der Waals surface area contributed by atoms with Gasteiger partial charge in [0.15, 0.2) is 9.84 Å². The van der Waals surface area contributed by atoms with Gasteiger partial charge in [0.05, 0.1) is 17.4 Å². The van der Waals surface area contributed by atoms with Crippen molar-refractivity contribution in [3.8, 4) is 0 Å². The molecule has 1 atom stereocenters. The Morgan fingerprint density at radius 3 is 2.68 bits per heavy atom. The summed E-state index contributed by atoms with van der Waals surface area (Å²) >= 11 is 0. The number of anilines is 1. The molecule has 1 aromatic rings. The monoisotopic (exact) mass is 286 g/mol. The molecule has 1 amide bonds. The number of nitrogens with one attached hydrogen (secondary N) is 1. The fourth-order valence-electron chi connectivity index (χ4n) is 1.49. The van der Waals surface area contributed by atoms with Gasteiger partial charge in [0.2, 0.25) is 5.91 Å². The average molecular weight is 286 g/mol. The SMILES string of the molecule is COC(CN)CC(=O)Nc1cccc(S(C)(=O)=O)c1. The molecule has 0 aliphatic rings. The molecule has 1 rings (SSSR count). The van der Waals surface area contributed by atoms with Crippen molar-refractivity contribution < 1.29 is 17.9 Å². The van der Waals surface area contributed by atoms with Crippen LogP contribution in [0.1, 0.15) is 6.42 Å². The lowest BCUT2D eigenvalue weighted by atomic mass is 10.2. The molecule has 0 radical (unpaired) electrons. The van der Waals surface area contributed by atoms with Crippen LogP contribution in [0.5, 0.6) is 0 Å². The van der Waals surface area contributed by atoms with Crippen molar-refractivity contribution >= 4 is 21.4 Å². The summed E-state index contributed by atoms with van der Waals surface area (Å²) < 4.78 is 27.8. The molecule has 0 fully saturated rings. The van der Waals surface area contributed by atoms with Gasteiger partial charge in [0.1, 0.15) is 0 Å². The van der Waals surface area contributed by atoms with Crippen LogP contribution in [0.4, 0.5) is 5.69 Å². The van der Waals surface area contributed by atoms with Crippen LogP contribution in [0, 0.1) is 0 Å². The molecule has 0 aliphatic heterocycles. The van der Waals surface area contributed by atoms with Gasteiger partial charge in [-0.3, -0.25) is 4.79 Å². The van der Waals surface area contributed by atoms with Crippen molar-refractivity contribution in [3.63, 3.8) is 0 Å². The predicted octanol–water partition coefficient (Wildman–Crippen LogP) is 0.392. The van der Waals surface area contributed by atoms with Crippen molar-refractivity contribution in [1.82, 2.24) is 0 Å². The van der Waals surface area contributed by atoms with Gasteiger partial charge in [-0.05, 0) is 18.2 Å². The summed E-state index contributed by atoms with van der Waals surface area (Å²) in [6, 6.07) is 6.08. The fraction of sp³-hybridized carbons (Fsp3) is 0.417. The highest BCUT2D eigenvalue weighted by Crippen LogP contribution is 2.15. The fourth-order valence-corrected chi connectivity index (χ4v) is 2.15. The molecule has 0 aromatic heterocycles. The van der Waals surface area contributed by atoms with Gasteiger partial charge in [-0.1, -0.05) is 6.07 Å². The second-order valence-electron chi connectivity index (χ2n) is 4.15. The zero-order valence-corrected chi connectivity index (χ0v) is 11.7. The molecule has 7 heteroatoms. The van der Waals surface area contributed by atoms with Crippen LogP contribution in [0.3, 0.4) is 0 Å². The van der Waals surface area contributed by atoms with Gasteiger partial charge in [0.25, 0.3) is 0 Å². The Kier molecular flexibility index (Phi) is 5.46. The number of hydrogen-bond acceptors (Lipinski definition) is 5. The van der Waals surface area contributed by atoms with E-state index < -0.39 is 9.84 Å². The summed E-state index contributed by atoms with van der Waals surface area (Å²) in [5, 5.41) is 2.61. The zero-order chi connectivity index (χ0) is 14.5. The minimum atomic E-state index is -3.29. The molecule has 0 spiro atoms. The number of nitrogens with two attached hydrogens (primary N) is 1. The number of hydrogen-bond donors (Lipinski definition) is 2. The minimum Gasteiger partial charge on any atom is -0.380 e. The number of benzene rings is 1. The molecule has 0 bridgehead atoms. The Balaban J connectivity index is 2.75. The van der Waals surface area contributed by atoms with Crippen LogP contribution < -0.4 is 11.1 Å². The third-order valence-corrected chi connectivity index (χ3v) is 3.67. The molecule has 19 heavy (non-hydrogen) atoms. The van der Waals surface area contributed by atoms with E-state index >= 15 is 0 Å². The zero-order valence-electron chi connectivity index (χ0n) is 10.9. The van der Waals surface area contributed by atoms with E-state index in [4.69, 9.17) is 10.5 Å². The summed E-state index contributed by atoms with van der Waals surface area (Å²) in [5.41, 5.74) is 5.85. The van der Waals surface area contributed by atoms with Gasteiger partial charge in [-0.25, -0.2) is 8.42 Å². The average Bonchev–Trinajstić information content (AvgIpc) is 2.35. The van der Waals surface area contributed by atoms with Crippen molar-refractivity contribution in [3.05, 3.63) is 24.3 Å². The molecular formula is C12H18N2O4S. The smallest absolute Gasteiger partial charge is 0.227 e. The summed E-state index contributed by atoms with van der Waals surface area (Å²) in [5.74, 6) is -0.275. The van der Waals surface area contributed by atoms with E-state index in [1.54, 1.807) is 12.1 Å². The number of carbonyl (C=O) groups excluding carboxylic acids is 1. The number of ether oxygens (including phenoxy) is 1. The molecule has 1 aromatic carbocycles. The molecule has 0 aliphatic carbocycles. The quantitative estimate of drug-likeness (QED) is 0.788. The second kappa shape index (κ2) is 6.65. The third kappa shape index (κ3) is 4.98. The van der Waals surface area contributed by atoms with E-state index in [0.717, 1.165) is 6.26 Å². The normalized spacial score (nSPS) is 13.0. The number of carbonyl (C=O) groups is 1. The second-order valence-corrected chi connectivity index (χ2v) is 6.16. The first-order valence-electron chi connectivity index (χ1n) is 5.69. The maximum Gasteiger partial charge on any atom is 0.227 e. The van der Waals surface area contributed by atoms with Crippen LogP contribution in [-0.2, 0) is 19.4 Å². The van der Waals surface area contributed by atoms with Crippen LogP contribution in [-0.4, -0.2) is 40.3 Å². The lowest BCUT2D eigenvalue weighted by molar-refractivity contribution is -0.118. The third-order valence-electron chi connectivity index (χ3n) is 2.56. The number of amides is 1. The van der Waals surface area contributed by atoms with Gasteiger partial charge >= 0.3 is 0 Å². The van der Waals surface area contributed by atoms with Crippen molar-refractivity contribution in [2.75, 3.05) is 25.2 Å². The molecular weight excluding hydrogens is 268 g/mol. The van der Waals surface area contributed by atoms with Gasteiger partial charge < -0.3 is 15.8 Å². The first-order valence-corrected chi connectivity index (χ1v) is 7.58. The largest absolute Gasteiger partial charge is 0.380 e. The molecule has 1 unspecified atom stereocenters.